The monoisotopic (exact) mass is 409 g/mol. The number of carbonyl (C=O) groups excluding carboxylic acids is 2. The molecule has 30 heavy (non-hydrogen) atoms. The van der Waals surface area contributed by atoms with Gasteiger partial charge in [0.15, 0.2) is 6.29 Å². The number of hydrogen-bond acceptors (Lipinski definition) is 7. The number of aldehydes is 1. The average Bonchev–Trinajstić information content (AvgIpc) is 3.33. The fourth-order valence-corrected chi connectivity index (χ4v) is 3.45. The number of fused-ring (bicyclic) bond motifs is 1. The average molecular weight is 409 g/mol. The predicted octanol–water partition coefficient (Wildman–Crippen LogP) is 3.46. The minimum atomic E-state index is -0.107. The highest BCUT2D eigenvalue weighted by atomic mass is 16.5. The highest BCUT2D eigenvalue weighted by molar-refractivity contribution is 6.01. The third-order valence-electron chi connectivity index (χ3n) is 4.83. The fraction of sp³-hybridized carbons (Fsp3) is 0.364. The van der Waals surface area contributed by atoms with E-state index in [1.54, 1.807) is 24.5 Å². The van der Waals surface area contributed by atoms with Gasteiger partial charge in [0, 0.05) is 23.4 Å². The second kappa shape index (κ2) is 8.14. The number of nitrogens with one attached hydrogen (secondary N) is 1. The molecule has 0 aliphatic carbocycles. The van der Waals surface area contributed by atoms with E-state index in [-0.39, 0.29) is 18.1 Å². The highest BCUT2D eigenvalue weighted by Gasteiger charge is 2.23. The summed E-state index contributed by atoms with van der Waals surface area (Å²) >= 11 is 0. The normalized spacial score (nSPS) is 16.1. The zero-order valence-electron chi connectivity index (χ0n) is 17.1. The minimum Gasteiger partial charge on any atom is -0.490 e. The van der Waals surface area contributed by atoms with Gasteiger partial charge in [0.2, 0.25) is 17.7 Å². The van der Waals surface area contributed by atoms with Crippen LogP contribution in [0.2, 0.25) is 0 Å². The van der Waals surface area contributed by atoms with Crippen molar-refractivity contribution in [3.8, 4) is 23.1 Å². The van der Waals surface area contributed by atoms with Crippen molar-refractivity contribution >= 4 is 23.0 Å². The van der Waals surface area contributed by atoms with Crippen molar-refractivity contribution in [3.63, 3.8) is 0 Å². The SMILES string of the molecule is Cc1cnc(-c2cnc(OCC3CCC(=O)N3)c3cc(OC(C)C)c(C=O)cc23)o1. The molecule has 0 spiro atoms. The van der Waals surface area contributed by atoms with Crippen molar-refractivity contribution in [2.45, 2.75) is 45.8 Å². The zero-order valence-corrected chi connectivity index (χ0v) is 17.1. The Balaban J connectivity index is 1.80. The van der Waals surface area contributed by atoms with Crippen LogP contribution in [0.3, 0.4) is 0 Å². The standard InChI is InChI=1S/C22H23N3O5/c1-12(2)29-19-7-17-16(6-14(19)10-26)18(22-23-8-13(3)30-22)9-24-21(17)28-11-15-4-5-20(27)25-15/h6-10,12,15H,4-5,11H2,1-3H3,(H,25,27). The largest absolute Gasteiger partial charge is 0.490 e. The molecular formula is C22H23N3O5. The molecule has 0 saturated carbocycles. The van der Waals surface area contributed by atoms with E-state index in [0.717, 1.165) is 18.1 Å². The number of aryl methyl sites for hydroxylation is 1. The summed E-state index contributed by atoms with van der Waals surface area (Å²) in [6, 6.07) is 3.44. The number of nitrogens with zero attached hydrogens (tertiary/aromatic N) is 2. The zero-order chi connectivity index (χ0) is 21.3. The highest BCUT2D eigenvalue weighted by Crippen LogP contribution is 2.37. The van der Waals surface area contributed by atoms with Crippen LogP contribution in [-0.4, -0.2) is 40.9 Å². The number of aromatic nitrogens is 2. The summed E-state index contributed by atoms with van der Waals surface area (Å²) in [5, 5.41) is 4.27. The van der Waals surface area contributed by atoms with Gasteiger partial charge in [-0.25, -0.2) is 9.97 Å². The lowest BCUT2D eigenvalue weighted by molar-refractivity contribution is -0.119. The molecule has 1 saturated heterocycles. The van der Waals surface area contributed by atoms with Crippen LogP contribution in [0.4, 0.5) is 0 Å². The van der Waals surface area contributed by atoms with Crippen LogP contribution in [0.5, 0.6) is 11.6 Å². The van der Waals surface area contributed by atoms with Gasteiger partial charge >= 0.3 is 0 Å². The molecule has 1 aliphatic rings. The molecule has 1 amide bonds. The maximum atomic E-state index is 11.7. The van der Waals surface area contributed by atoms with Crippen LogP contribution in [0.1, 0.15) is 42.8 Å². The smallest absolute Gasteiger partial charge is 0.228 e. The van der Waals surface area contributed by atoms with E-state index >= 15 is 0 Å². The molecular weight excluding hydrogens is 386 g/mol. The summed E-state index contributed by atoms with van der Waals surface area (Å²) in [5.41, 5.74) is 1.07. The number of hydrogen-bond donors (Lipinski definition) is 1. The molecule has 8 nitrogen and oxygen atoms in total. The maximum Gasteiger partial charge on any atom is 0.228 e. The predicted molar refractivity (Wildman–Crippen MR) is 110 cm³/mol. The number of oxazole rings is 1. The van der Waals surface area contributed by atoms with Crippen molar-refractivity contribution in [2.24, 2.45) is 0 Å². The summed E-state index contributed by atoms with van der Waals surface area (Å²) in [5.74, 6) is 1.96. The first-order chi connectivity index (χ1) is 14.4. The van der Waals surface area contributed by atoms with Crippen molar-refractivity contribution < 1.29 is 23.5 Å². The first-order valence-corrected chi connectivity index (χ1v) is 9.88. The number of carbonyl (C=O) groups is 2. The van der Waals surface area contributed by atoms with Crippen LogP contribution in [0.25, 0.3) is 22.2 Å². The van der Waals surface area contributed by atoms with Crippen LogP contribution >= 0.6 is 0 Å². The summed E-state index contributed by atoms with van der Waals surface area (Å²) in [7, 11) is 0. The summed E-state index contributed by atoms with van der Waals surface area (Å²) in [6.45, 7) is 5.90. The molecule has 1 aliphatic heterocycles. The molecule has 4 rings (SSSR count). The van der Waals surface area contributed by atoms with Gasteiger partial charge in [0.25, 0.3) is 0 Å². The molecule has 156 valence electrons. The van der Waals surface area contributed by atoms with Crippen LogP contribution in [0.15, 0.2) is 28.9 Å². The molecule has 1 fully saturated rings. The molecule has 1 aromatic carbocycles. The van der Waals surface area contributed by atoms with Crippen LogP contribution in [0, 0.1) is 6.92 Å². The van der Waals surface area contributed by atoms with Gasteiger partial charge < -0.3 is 19.2 Å². The third-order valence-corrected chi connectivity index (χ3v) is 4.83. The third kappa shape index (κ3) is 3.98. The first kappa shape index (κ1) is 19.9. The summed E-state index contributed by atoms with van der Waals surface area (Å²) in [4.78, 5) is 31.9. The lowest BCUT2D eigenvalue weighted by Gasteiger charge is -2.17. The molecule has 8 heteroatoms. The second-order valence-electron chi connectivity index (χ2n) is 7.59. The number of ether oxygens (including phenoxy) is 2. The Kier molecular flexibility index (Phi) is 5.39. The van der Waals surface area contributed by atoms with Crippen molar-refractivity contribution in [1.82, 2.24) is 15.3 Å². The Labute approximate surface area is 173 Å². The van der Waals surface area contributed by atoms with E-state index in [2.05, 4.69) is 15.3 Å². The van der Waals surface area contributed by atoms with E-state index in [4.69, 9.17) is 13.9 Å². The Morgan fingerprint density at radius 3 is 2.73 bits per heavy atom. The van der Waals surface area contributed by atoms with E-state index < -0.39 is 0 Å². The van der Waals surface area contributed by atoms with Crippen molar-refractivity contribution in [2.75, 3.05) is 6.61 Å². The molecule has 3 aromatic rings. The summed E-state index contributed by atoms with van der Waals surface area (Å²) < 4.78 is 17.5. The van der Waals surface area contributed by atoms with Crippen LogP contribution in [-0.2, 0) is 4.79 Å². The van der Waals surface area contributed by atoms with E-state index in [0.29, 0.717) is 52.8 Å². The molecule has 0 bridgehead atoms. The quantitative estimate of drug-likeness (QED) is 0.596. The van der Waals surface area contributed by atoms with Gasteiger partial charge in [-0.1, -0.05) is 0 Å². The Morgan fingerprint density at radius 1 is 1.27 bits per heavy atom. The van der Waals surface area contributed by atoms with E-state index in [9.17, 15) is 9.59 Å². The van der Waals surface area contributed by atoms with Gasteiger partial charge in [-0.3, -0.25) is 9.59 Å². The first-order valence-electron chi connectivity index (χ1n) is 9.88. The van der Waals surface area contributed by atoms with E-state index in [1.165, 1.54) is 0 Å². The number of amides is 1. The Hall–Kier alpha value is -3.42. The molecule has 1 atom stereocenters. The Bertz CT molecular complexity index is 1110. The topological polar surface area (TPSA) is 104 Å². The fourth-order valence-electron chi connectivity index (χ4n) is 3.45. The van der Waals surface area contributed by atoms with Gasteiger partial charge in [-0.15, -0.1) is 0 Å². The van der Waals surface area contributed by atoms with Crippen molar-refractivity contribution in [3.05, 3.63) is 35.9 Å². The molecule has 0 radical (unpaired) electrons. The van der Waals surface area contributed by atoms with Gasteiger partial charge in [-0.05, 0) is 39.3 Å². The second-order valence-corrected chi connectivity index (χ2v) is 7.59. The maximum absolute atomic E-state index is 11.7. The lowest BCUT2D eigenvalue weighted by atomic mass is 10.0. The van der Waals surface area contributed by atoms with Gasteiger partial charge in [0.1, 0.15) is 18.1 Å². The van der Waals surface area contributed by atoms with E-state index in [1.807, 2.05) is 20.8 Å². The van der Waals surface area contributed by atoms with Gasteiger partial charge in [0.05, 0.1) is 29.5 Å². The Morgan fingerprint density at radius 2 is 2.10 bits per heavy atom. The number of rotatable bonds is 7. The number of benzene rings is 1. The van der Waals surface area contributed by atoms with Crippen LogP contribution < -0.4 is 14.8 Å². The minimum absolute atomic E-state index is 0.0271. The van der Waals surface area contributed by atoms with Gasteiger partial charge in [-0.2, -0.15) is 0 Å². The van der Waals surface area contributed by atoms with Crippen molar-refractivity contribution in [1.29, 1.82) is 0 Å². The summed E-state index contributed by atoms with van der Waals surface area (Å²) in [6.07, 6.45) is 5.13. The molecule has 2 aromatic heterocycles. The molecule has 1 unspecified atom stereocenters. The number of pyridine rings is 1. The lowest BCUT2D eigenvalue weighted by Crippen LogP contribution is -2.31. The molecule has 3 heterocycles. The molecule has 1 N–H and O–H groups in total.